The fourth-order valence-electron chi connectivity index (χ4n) is 1.13. The SMILES string of the molecule is COC(=O)CC=Cc1cnc(Cl)c(C(F)(F)F)c1. The molecule has 0 N–H and O–H groups in total. The van der Waals surface area contributed by atoms with E-state index in [9.17, 15) is 18.0 Å². The second-order valence-corrected chi connectivity index (χ2v) is 3.65. The van der Waals surface area contributed by atoms with Gasteiger partial charge in [0.25, 0.3) is 0 Å². The van der Waals surface area contributed by atoms with Gasteiger partial charge in [0.2, 0.25) is 0 Å². The summed E-state index contributed by atoms with van der Waals surface area (Å²) in [6.07, 6.45) is -0.672. The minimum absolute atomic E-state index is 0.0273. The fraction of sp³-hybridized carbons (Fsp3) is 0.273. The van der Waals surface area contributed by atoms with Crippen molar-refractivity contribution in [3.63, 3.8) is 0 Å². The van der Waals surface area contributed by atoms with Crippen molar-refractivity contribution >= 4 is 23.6 Å². The molecule has 0 unspecified atom stereocenters. The van der Waals surface area contributed by atoms with Gasteiger partial charge in [-0.15, -0.1) is 0 Å². The van der Waals surface area contributed by atoms with Crippen LogP contribution < -0.4 is 0 Å². The Morgan fingerprint density at radius 3 is 2.78 bits per heavy atom. The molecule has 1 rings (SSSR count). The van der Waals surface area contributed by atoms with Crippen LogP contribution >= 0.6 is 11.6 Å². The highest BCUT2D eigenvalue weighted by Gasteiger charge is 2.33. The van der Waals surface area contributed by atoms with Crippen molar-refractivity contribution in [3.8, 4) is 0 Å². The van der Waals surface area contributed by atoms with Gasteiger partial charge in [-0.25, -0.2) is 4.98 Å². The van der Waals surface area contributed by atoms with Gasteiger partial charge in [-0.1, -0.05) is 23.8 Å². The Morgan fingerprint density at radius 2 is 2.22 bits per heavy atom. The largest absolute Gasteiger partial charge is 0.469 e. The predicted octanol–water partition coefficient (Wildman–Crippen LogP) is 3.33. The minimum atomic E-state index is -4.56. The molecule has 98 valence electrons. The first kappa shape index (κ1) is 14.5. The normalized spacial score (nSPS) is 11.8. The van der Waals surface area contributed by atoms with Crippen LogP contribution in [0.15, 0.2) is 18.3 Å². The van der Waals surface area contributed by atoms with E-state index in [2.05, 4.69) is 9.72 Å². The molecule has 0 aromatic carbocycles. The maximum absolute atomic E-state index is 12.5. The molecule has 0 aliphatic rings. The summed E-state index contributed by atoms with van der Waals surface area (Å²) in [5.41, 5.74) is -0.806. The summed E-state index contributed by atoms with van der Waals surface area (Å²) < 4.78 is 41.9. The number of carbonyl (C=O) groups excluding carboxylic acids is 1. The first-order chi connectivity index (χ1) is 8.34. The molecule has 0 spiro atoms. The zero-order chi connectivity index (χ0) is 13.8. The summed E-state index contributed by atoms with van der Waals surface area (Å²) in [5, 5.41) is -0.604. The molecular weight excluding hydrogens is 271 g/mol. The van der Waals surface area contributed by atoms with E-state index in [-0.39, 0.29) is 12.0 Å². The predicted molar refractivity (Wildman–Crippen MR) is 59.9 cm³/mol. The number of hydrogen-bond donors (Lipinski definition) is 0. The second-order valence-electron chi connectivity index (χ2n) is 3.29. The van der Waals surface area contributed by atoms with E-state index in [1.165, 1.54) is 25.5 Å². The molecule has 0 saturated heterocycles. The third-order valence-electron chi connectivity index (χ3n) is 1.99. The number of rotatable bonds is 3. The molecule has 18 heavy (non-hydrogen) atoms. The Balaban J connectivity index is 2.89. The maximum atomic E-state index is 12.5. The first-order valence-electron chi connectivity index (χ1n) is 4.80. The number of alkyl halides is 3. The number of pyridine rings is 1. The molecule has 1 aromatic heterocycles. The van der Waals surface area contributed by atoms with E-state index in [1.54, 1.807) is 0 Å². The highest BCUT2D eigenvalue weighted by molar-refractivity contribution is 6.30. The molecule has 0 fully saturated rings. The molecule has 0 aliphatic heterocycles. The Hall–Kier alpha value is -1.56. The van der Waals surface area contributed by atoms with Crippen molar-refractivity contribution in [1.82, 2.24) is 4.98 Å². The van der Waals surface area contributed by atoms with Crippen LogP contribution in [0.2, 0.25) is 5.15 Å². The Bertz CT molecular complexity index is 472. The topological polar surface area (TPSA) is 39.2 Å². The van der Waals surface area contributed by atoms with Crippen LogP contribution in [0.4, 0.5) is 13.2 Å². The van der Waals surface area contributed by atoms with Gasteiger partial charge in [-0.05, 0) is 11.6 Å². The third kappa shape index (κ3) is 4.03. The number of aromatic nitrogens is 1. The maximum Gasteiger partial charge on any atom is 0.419 e. The Labute approximate surface area is 106 Å². The van der Waals surface area contributed by atoms with Crippen molar-refractivity contribution in [2.45, 2.75) is 12.6 Å². The highest BCUT2D eigenvalue weighted by Crippen LogP contribution is 2.34. The summed E-state index contributed by atoms with van der Waals surface area (Å²) in [6, 6.07) is 0.864. The molecule has 0 amide bonds. The summed E-state index contributed by atoms with van der Waals surface area (Å²) in [6.45, 7) is 0. The molecule has 0 bridgehead atoms. The van der Waals surface area contributed by atoms with Crippen molar-refractivity contribution in [2.75, 3.05) is 7.11 Å². The molecule has 1 aromatic rings. The second kappa shape index (κ2) is 5.86. The number of ether oxygens (including phenoxy) is 1. The van der Waals surface area contributed by atoms with Crippen molar-refractivity contribution < 1.29 is 22.7 Å². The summed E-state index contributed by atoms with van der Waals surface area (Å²) >= 11 is 5.36. The van der Waals surface area contributed by atoms with Gasteiger partial charge in [0.15, 0.2) is 0 Å². The van der Waals surface area contributed by atoms with Crippen LogP contribution in [-0.4, -0.2) is 18.1 Å². The molecular formula is C11H9ClF3NO2. The average Bonchev–Trinajstić information content (AvgIpc) is 2.29. The smallest absolute Gasteiger partial charge is 0.419 e. The molecule has 0 aliphatic carbocycles. The van der Waals surface area contributed by atoms with Gasteiger partial charge < -0.3 is 4.74 Å². The van der Waals surface area contributed by atoms with Crippen molar-refractivity contribution in [1.29, 1.82) is 0 Å². The molecule has 3 nitrogen and oxygen atoms in total. The minimum Gasteiger partial charge on any atom is -0.469 e. The van der Waals surface area contributed by atoms with Gasteiger partial charge in [0, 0.05) is 6.20 Å². The zero-order valence-corrected chi connectivity index (χ0v) is 10.0. The lowest BCUT2D eigenvalue weighted by atomic mass is 10.2. The molecule has 7 heteroatoms. The zero-order valence-electron chi connectivity index (χ0n) is 9.29. The van der Waals surface area contributed by atoms with E-state index in [0.717, 1.165) is 6.07 Å². The number of carbonyl (C=O) groups is 1. The third-order valence-corrected chi connectivity index (χ3v) is 2.29. The summed E-state index contributed by atoms with van der Waals surface area (Å²) in [4.78, 5) is 14.2. The number of halogens is 4. The van der Waals surface area contributed by atoms with Crippen LogP contribution in [0.1, 0.15) is 17.5 Å². The van der Waals surface area contributed by atoms with E-state index in [1.807, 2.05) is 0 Å². The monoisotopic (exact) mass is 279 g/mol. The van der Waals surface area contributed by atoms with E-state index in [0.29, 0.717) is 0 Å². The fourth-order valence-corrected chi connectivity index (χ4v) is 1.34. The van der Waals surface area contributed by atoms with Crippen molar-refractivity contribution in [2.24, 2.45) is 0 Å². The van der Waals surface area contributed by atoms with E-state index < -0.39 is 22.9 Å². The van der Waals surface area contributed by atoms with Crippen LogP contribution in [0.5, 0.6) is 0 Å². The van der Waals surface area contributed by atoms with E-state index in [4.69, 9.17) is 11.6 Å². The van der Waals surface area contributed by atoms with Crippen LogP contribution in [0.25, 0.3) is 6.08 Å². The van der Waals surface area contributed by atoms with Crippen LogP contribution in [0.3, 0.4) is 0 Å². The number of esters is 1. The average molecular weight is 280 g/mol. The van der Waals surface area contributed by atoms with Gasteiger partial charge in [-0.3, -0.25) is 4.79 Å². The quantitative estimate of drug-likeness (QED) is 0.629. The first-order valence-corrected chi connectivity index (χ1v) is 5.18. The summed E-state index contributed by atoms with van der Waals surface area (Å²) in [7, 11) is 1.22. The van der Waals surface area contributed by atoms with Gasteiger partial charge in [0.1, 0.15) is 5.15 Å². The van der Waals surface area contributed by atoms with Gasteiger partial charge >= 0.3 is 12.1 Å². The van der Waals surface area contributed by atoms with Gasteiger partial charge in [0.05, 0.1) is 19.1 Å². The Morgan fingerprint density at radius 1 is 1.56 bits per heavy atom. The molecule has 0 atom stereocenters. The number of nitrogens with zero attached hydrogens (tertiary/aromatic N) is 1. The lowest BCUT2D eigenvalue weighted by molar-refractivity contribution is -0.139. The van der Waals surface area contributed by atoms with Gasteiger partial charge in [-0.2, -0.15) is 13.2 Å². The van der Waals surface area contributed by atoms with Crippen LogP contribution in [-0.2, 0) is 15.7 Å². The number of methoxy groups -OCH3 is 1. The standard InChI is InChI=1S/C11H9ClF3NO2/c1-18-9(17)4-2-3-7-5-8(11(13,14)15)10(12)16-6-7/h2-3,5-6H,4H2,1H3. The molecule has 0 radical (unpaired) electrons. The number of hydrogen-bond acceptors (Lipinski definition) is 3. The molecule has 0 saturated carbocycles. The van der Waals surface area contributed by atoms with Crippen molar-refractivity contribution in [3.05, 3.63) is 34.6 Å². The van der Waals surface area contributed by atoms with E-state index >= 15 is 0 Å². The Kier molecular flexibility index (Phi) is 4.72. The highest BCUT2D eigenvalue weighted by atomic mass is 35.5. The lowest BCUT2D eigenvalue weighted by Crippen LogP contribution is -2.07. The lowest BCUT2D eigenvalue weighted by Gasteiger charge is -2.08. The van der Waals surface area contributed by atoms with Crippen LogP contribution in [0, 0.1) is 0 Å². The molecule has 1 heterocycles. The summed E-state index contributed by atoms with van der Waals surface area (Å²) in [5.74, 6) is -0.482.